The van der Waals surface area contributed by atoms with Crippen molar-refractivity contribution in [3.8, 4) is 0 Å². The smallest absolute Gasteiger partial charge is 0.256 e. The van der Waals surface area contributed by atoms with Crippen LogP contribution in [0.15, 0.2) is 36.7 Å². The third kappa shape index (κ3) is 3.95. The van der Waals surface area contributed by atoms with Gasteiger partial charge in [-0.25, -0.2) is 18.3 Å². The van der Waals surface area contributed by atoms with Gasteiger partial charge in [0.25, 0.3) is 5.91 Å². The molecule has 0 unspecified atom stereocenters. The number of hydrogen-bond acceptors (Lipinski definition) is 4. The number of hydrogen-bond donors (Lipinski definition) is 2. The molecule has 0 atom stereocenters. The fourth-order valence-corrected chi connectivity index (χ4v) is 3.48. The molecule has 146 valence electrons. The molecule has 0 aliphatic heterocycles. The largest absolute Gasteiger partial charge is 0.366 e. The molecule has 1 aliphatic carbocycles. The van der Waals surface area contributed by atoms with E-state index in [1.807, 2.05) is 0 Å². The average molecular weight is 385 g/mol. The van der Waals surface area contributed by atoms with Crippen molar-refractivity contribution in [1.82, 2.24) is 19.9 Å². The third-order valence-corrected chi connectivity index (χ3v) is 5.01. The number of carbonyl (C=O) groups excluding carboxylic acids is 1. The molecule has 3 aromatic rings. The van der Waals surface area contributed by atoms with E-state index in [2.05, 4.69) is 20.7 Å². The first kappa shape index (κ1) is 18.3. The maximum absolute atomic E-state index is 13.3. The summed E-state index contributed by atoms with van der Waals surface area (Å²) in [6.07, 6.45) is 8.70. The van der Waals surface area contributed by atoms with Crippen LogP contribution in [-0.4, -0.2) is 26.5 Å². The summed E-state index contributed by atoms with van der Waals surface area (Å²) in [5.74, 6) is -1.42. The van der Waals surface area contributed by atoms with Crippen molar-refractivity contribution in [2.75, 3.05) is 5.32 Å². The van der Waals surface area contributed by atoms with Crippen molar-refractivity contribution in [1.29, 1.82) is 0 Å². The molecule has 1 saturated carbocycles. The SMILES string of the molecule is O=C(NC1CCCCC1)c1cnn2ccc(NCc3ccc(F)c(F)c3)nc12. The minimum absolute atomic E-state index is 0.174. The molecule has 2 heterocycles. The van der Waals surface area contributed by atoms with Crippen LogP contribution in [0.25, 0.3) is 5.65 Å². The maximum Gasteiger partial charge on any atom is 0.256 e. The number of nitrogens with zero attached hydrogens (tertiary/aromatic N) is 3. The van der Waals surface area contributed by atoms with E-state index in [0.717, 1.165) is 37.8 Å². The van der Waals surface area contributed by atoms with E-state index in [0.29, 0.717) is 22.6 Å². The van der Waals surface area contributed by atoms with Crippen LogP contribution >= 0.6 is 0 Å². The Balaban J connectivity index is 1.49. The summed E-state index contributed by atoms with van der Waals surface area (Å²) in [5.41, 5.74) is 1.45. The minimum atomic E-state index is -0.889. The number of aromatic nitrogens is 3. The van der Waals surface area contributed by atoms with Gasteiger partial charge in [0.1, 0.15) is 11.4 Å². The van der Waals surface area contributed by atoms with Crippen LogP contribution in [0, 0.1) is 11.6 Å². The van der Waals surface area contributed by atoms with E-state index in [-0.39, 0.29) is 18.5 Å². The monoisotopic (exact) mass is 385 g/mol. The molecule has 2 N–H and O–H groups in total. The van der Waals surface area contributed by atoms with Gasteiger partial charge in [-0.1, -0.05) is 25.3 Å². The van der Waals surface area contributed by atoms with Crippen LogP contribution in [0.3, 0.4) is 0 Å². The number of fused-ring (bicyclic) bond motifs is 1. The van der Waals surface area contributed by atoms with Gasteiger partial charge in [0, 0.05) is 18.8 Å². The van der Waals surface area contributed by atoms with Crippen LogP contribution < -0.4 is 10.6 Å². The third-order valence-electron chi connectivity index (χ3n) is 5.01. The van der Waals surface area contributed by atoms with Gasteiger partial charge in [0.05, 0.1) is 6.20 Å². The van der Waals surface area contributed by atoms with Gasteiger partial charge in [0.15, 0.2) is 17.3 Å². The summed E-state index contributed by atoms with van der Waals surface area (Å²) in [6.45, 7) is 0.276. The Labute approximate surface area is 161 Å². The number of amides is 1. The number of benzene rings is 1. The molecule has 1 amide bonds. The summed E-state index contributed by atoms with van der Waals surface area (Å²) in [6, 6.07) is 5.65. The highest BCUT2D eigenvalue weighted by Gasteiger charge is 2.20. The second-order valence-electron chi connectivity index (χ2n) is 7.05. The standard InChI is InChI=1S/C20H21F2N5O/c21-16-7-6-13(10-17(16)22)11-23-18-8-9-27-19(26-18)15(12-24-27)20(28)25-14-4-2-1-3-5-14/h6-10,12,14H,1-5,11H2,(H,23,26)(H,25,28). The number of carbonyl (C=O) groups is 1. The molecule has 0 spiro atoms. The van der Waals surface area contributed by atoms with E-state index in [1.165, 1.54) is 18.7 Å². The molecule has 28 heavy (non-hydrogen) atoms. The molecule has 6 nitrogen and oxygen atoms in total. The molecule has 0 radical (unpaired) electrons. The topological polar surface area (TPSA) is 71.3 Å². The number of rotatable bonds is 5. The normalized spacial score (nSPS) is 14.9. The highest BCUT2D eigenvalue weighted by atomic mass is 19.2. The Morgan fingerprint density at radius 1 is 1.14 bits per heavy atom. The lowest BCUT2D eigenvalue weighted by Crippen LogP contribution is -2.36. The summed E-state index contributed by atoms with van der Waals surface area (Å²) < 4.78 is 27.9. The van der Waals surface area contributed by atoms with Crippen molar-refractivity contribution in [2.24, 2.45) is 0 Å². The lowest BCUT2D eigenvalue weighted by molar-refractivity contribution is 0.0929. The molecule has 1 aromatic carbocycles. The highest BCUT2D eigenvalue weighted by Crippen LogP contribution is 2.19. The predicted octanol–water partition coefficient (Wildman–Crippen LogP) is 3.68. The van der Waals surface area contributed by atoms with Crippen LogP contribution in [0.5, 0.6) is 0 Å². The molecule has 1 fully saturated rings. The molecule has 0 saturated heterocycles. The Kier molecular flexibility index (Phi) is 5.18. The van der Waals surface area contributed by atoms with Gasteiger partial charge >= 0.3 is 0 Å². The van der Waals surface area contributed by atoms with Gasteiger partial charge in [-0.05, 0) is 36.6 Å². The average Bonchev–Trinajstić information content (AvgIpc) is 3.13. The molecular weight excluding hydrogens is 364 g/mol. The van der Waals surface area contributed by atoms with Crippen molar-refractivity contribution in [3.63, 3.8) is 0 Å². The van der Waals surface area contributed by atoms with Crippen LogP contribution in [0.1, 0.15) is 48.0 Å². The Hall–Kier alpha value is -3.03. The lowest BCUT2D eigenvalue weighted by Gasteiger charge is -2.22. The van der Waals surface area contributed by atoms with Crippen LogP contribution in [0.2, 0.25) is 0 Å². The van der Waals surface area contributed by atoms with Crippen molar-refractivity contribution >= 4 is 17.4 Å². The van der Waals surface area contributed by atoms with E-state index in [1.54, 1.807) is 16.8 Å². The van der Waals surface area contributed by atoms with E-state index in [9.17, 15) is 13.6 Å². The minimum Gasteiger partial charge on any atom is -0.366 e. The number of anilines is 1. The lowest BCUT2D eigenvalue weighted by atomic mass is 9.95. The van der Waals surface area contributed by atoms with Gasteiger partial charge in [-0.15, -0.1) is 0 Å². The molecule has 0 bridgehead atoms. The Morgan fingerprint density at radius 2 is 1.96 bits per heavy atom. The van der Waals surface area contributed by atoms with E-state index < -0.39 is 11.6 Å². The maximum atomic E-state index is 13.3. The van der Waals surface area contributed by atoms with Crippen molar-refractivity contribution < 1.29 is 13.6 Å². The van der Waals surface area contributed by atoms with Gasteiger partial charge < -0.3 is 10.6 Å². The molecular formula is C20H21F2N5O. The van der Waals surface area contributed by atoms with Crippen LogP contribution in [-0.2, 0) is 6.54 Å². The first-order chi connectivity index (χ1) is 13.6. The first-order valence-electron chi connectivity index (χ1n) is 9.43. The summed E-state index contributed by atoms with van der Waals surface area (Å²) in [7, 11) is 0. The zero-order valence-electron chi connectivity index (χ0n) is 15.3. The summed E-state index contributed by atoms with van der Waals surface area (Å²) in [4.78, 5) is 17.1. The second kappa shape index (κ2) is 7.92. The van der Waals surface area contributed by atoms with Gasteiger partial charge in [-0.2, -0.15) is 5.10 Å². The summed E-state index contributed by atoms with van der Waals surface area (Å²) in [5, 5.41) is 10.3. The Morgan fingerprint density at radius 3 is 2.75 bits per heavy atom. The zero-order chi connectivity index (χ0) is 19.5. The quantitative estimate of drug-likeness (QED) is 0.703. The highest BCUT2D eigenvalue weighted by molar-refractivity contribution is 5.99. The van der Waals surface area contributed by atoms with Gasteiger partial charge in [-0.3, -0.25) is 4.79 Å². The molecule has 1 aliphatic rings. The van der Waals surface area contributed by atoms with Crippen molar-refractivity contribution in [3.05, 3.63) is 59.4 Å². The number of nitrogens with one attached hydrogen (secondary N) is 2. The van der Waals surface area contributed by atoms with Crippen LogP contribution in [0.4, 0.5) is 14.6 Å². The predicted molar refractivity (Wildman–Crippen MR) is 101 cm³/mol. The molecule has 2 aromatic heterocycles. The Bertz CT molecular complexity index is 997. The van der Waals surface area contributed by atoms with Gasteiger partial charge in [0.2, 0.25) is 0 Å². The zero-order valence-corrected chi connectivity index (χ0v) is 15.3. The fraction of sp³-hybridized carbons (Fsp3) is 0.350. The first-order valence-corrected chi connectivity index (χ1v) is 9.43. The summed E-state index contributed by atoms with van der Waals surface area (Å²) >= 11 is 0. The second-order valence-corrected chi connectivity index (χ2v) is 7.05. The van der Waals surface area contributed by atoms with Crippen molar-refractivity contribution in [2.45, 2.75) is 44.7 Å². The molecule has 8 heteroatoms. The molecule has 4 rings (SSSR count). The van der Waals surface area contributed by atoms with E-state index in [4.69, 9.17) is 0 Å². The fourth-order valence-electron chi connectivity index (χ4n) is 3.48. The van der Waals surface area contributed by atoms with E-state index >= 15 is 0 Å². The number of halogens is 2.